The van der Waals surface area contributed by atoms with Crippen molar-refractivity contribution in [2.45, 2.75) is 19.5 Å². The molecule has 0 spiro atoms. The van der Waals surface area contributed by atoms with Crippen LogP contribution in [0, 0.1) is 0 Å². The molecule has 0 saturated carbocycles. The summed E-state index contributed by atoms with van der Waals surface area (Å²) in [4.78, 5) is 22.3. The van der Waals surface area contributed by atoms with Gasteiger partial charge in [0, 0.05) is 49.1 Å². The van der Waals surface area contributed by atoms with Gasteiger partial charge in [-0.15, -0.1) is 0 Å². The number of nitrogen functional groups attached to an aromatic ring is 1. The maximum atomic E-state index is 12.5. The van der Waals surface area contributed by atoms with E-state index in [2.05, 4.69) is 25.1 Å². The van der Waals surface area contributed by atoms with Gasteiger partial charge in [0.05, 0.1) is 17.5 Å². The molecular formula is C17H18N6O. The predicted molar refractivity (Wildman–Crippen MR) is 91.1 cm³/mol. The molecule has 4 rings (SSSR count). The molecule has 0 aliphatic carbocycles. The van der Waals surface area contributed by atoms with E-state index in [4.69, 9.17) is 5.73 Å². The standard InChI is InChI=1S/C17H18N6O/c18-13-3-1-12(2-4-13)16-21-15-5-6-23(9-11-7-19-20-8-11)10-14(15)17(24)22-16/h1-4,7-8H,5-6,9-10,18H2,(H,19,20)(H,21,22,24). The Hall–Kier alpha value is -2.93. The lowest BCUT2D eigenvalue weighted by molar-refractivity contribution is 0.242. The number of aromatic nitrogens is 4. The molecule has 7 heteroatoms. The Kier molecular flexibility index (Phi) is 3.62. The predicted octanol–water partition coefficient (Wildman–Crippen LogP) is 1.30. The summed E-state index contributed by atoms with van der Waals surface area (Å²) in [5.74, 6) is 0.599. The van der Waals surface area contributed by atoms with Gasteiger partial charge >= 0.3 is 0 Å². The van der Waals surface area contributed by atoms with Crippen LogP contribution in [-0.4, -0.2) is 31.6 Å². The van der Waals surface area contributed by atoms with E-state index in [9.17, 15) is 4.79 Å². The van der Waals surface area contributed by atoms with Crippen molar-refractivity contribution in [3.63, 3.8) is 0 Å². The van der Waals surface area contributed by atoms with Crippen molar-refractivity contribution in [3.05, 3.63) is 63.8 Å². The topological polar surface area (TPSA) is 104 Å². The molecule has 0 fully saturated rings. The van der Waals surface area contributed by atoms with Gasteiger partial charge in [0.25, 0.3) is 5.56 Å². The molecule has 1 aliphatic rings. The zero-order valence-corrected chi connectivity index (χ0v) is 13.1. The van der Waals surface area contributed by atoms with Gasteiger partial charge in [-0.05, 0) is 24.3 Å². The first kappa shape index (κ1) is 14.6. The van der Waals surface area contributed by atoms with E-state index < -0.39 is 0 Å². The smallest absolute Gasteiger partial charge is 0.255 e. The molecule has 24 heavy (non-hydrogen) atoms. The Labute approximate surface area is 138 Å². The minimum absolute atomic E-state index is 0.0660. The van der Waals surface area contributed by atoms with E-state index in [0.717, 1.165) is 41.9 Å². The zero-order valence-electron chi connectivity index (χ0n) is 13.1. The molecule has 0 bridgehead atoms. The summed E-state index contributed by atoms with van der Waals surface area (Å²) in [6.07, 6.45) is 4.45. The molecule has 122 valence electrons. The number of nitrogens with zero attached hydrogens (tertiary/aromatic N) is 3. The molecule has 0 amide bonds. The van der Waals surface area contributed by atoms with Crippen LogP contribution in [0.2, 0.25) is 0 Å². The number of hydrogen-bond acceptors (Lipinski definition) is 5. The largest absolute Gasteiger partial charge is 0.399 e. The van der Waals surface area contributed by atoms with Crippen molar-refractivity contribution >= 4 is 5.69 Å². The molecule has 3 heterocycles. The first-order valence-electron chi connectivity index (χ1n) is 7.87. The maximum absolute atomic E-state index is 12.5. The van der Waals surface area contributed by atoms with Gasteiger partial charge in [-0.1, -0.05) is 0 Å². The fraction of sp³-hybridized carbons (Fsp3) is 0.235. The van der Waals surface area contributed by atoms with E-state index in [-0.39, 0.29) is 5.56 Å². The van der Waals surface area contributed by atoms with Gasteiger partial charge in [0.1, 0.15) is 5.82 Å². The van der Waals surface area contributed by atoms with Gasteiger partial charge < -0.3 is 10.7 Å². The van der Waals surface area contributed by atoms with E-state index in [1.165, 1.54) is 0 Å². The number of nitrogens with two attached hydrogens (primary N) is 1. The number of fused-ring (bicyclic) bond motifs is 1. The van der Waals surface area contributed by atoms with Crippen LogP contribution in [0.4, 0.5) is 5.69 Å². The number of nitrogens with one attached hydrogen (secondary N) is 2. The molecule has 0 saturated heterocycles. The van der Waals surface area contributed by atoms with Crippen LogP contribution in [0.5, 0.6) is 0 Å². The fourth-order valence-electron chi connectivity index (χ4n) is 3.02. The Morgan fingerprint density at radius 3 is 2.83 bits per heavy atom. The first-order valence-corrected chi connectivity index (χ1v) is 7.87. The third-order valence-corrected chi connectivity index (χ3v) is 4.29. The molecule has 0 atom stereocenters. The molecule has 7 nitrogen and oxygen atoms in total. The molecular weight excluding hydrogens is 304 g/mol. The summed E-state index contributed by atoms with van der Waals surface area (Å²) >= 11 is 0. The van der Waals surface area contributed by atoms with Crippen LogP contribution in [0.25, 0.3) is 11.4 Å². The molecule has 0 radical (unpaired) electrons. The lowest BCUT2D eigenvalue weighted by Gasteiger charge is -2.27. The summed E-state index contributed by atoms with van der Waals surface area (Å²) in [7, 11) is 0. The zero-order chi connectivity index (χ0) is 16.5. The summed E-state index contributed by atoms with van der Waals surface area (Å²) < 4.78 is 0. The number of benzene rings is 1. The highest BCUT2D eigenvalue weighted by Crippen LogP contribution is 2.20. The highest BCUT2D eigenvalue weighted by atomic mass is 16.1. The average Bonchev–Trinajstić information content (AvgIpc) is 3.09. The molecule has 4 N–H and O–H groups in total. The quantitative estimate of drug-likeness (QED) is 0.631. The third-order valence-electron chi connectivity index (χ3n) is 4.29. The van der Waals surface area contributed by atoms with Crippen LogP contribution in [-0.2, 0) is 19.5 Å². The van der Waals surface area contributed by atoms with Gasteiger partial charge in [-0.3, -0.25) is 14.8 Å². The van der Waals surface area contributed by atoms with Crippen LogP contribution in [0.3, 0.4) is 0 Å². The number of hydrogen-bond donors (Lipinski definition) is 3. The van der Waals surface area contributed by atoms with Crippen molar-refractivity contribution in [3.8, 4) is 11.4 Å². The SMILES string of the molecule is Nc1ccc(-c2nc3c(c(=O)[nH]2)CN(Cc2cn[nH]c2)CC3)cc1. The van der Waals surface area contributed by atoms with E-state index >= 15 is 0 Å². The van der Waals surface area contributed by atoms with Crippen LogP contribution >= 0.6 is 0 Å². The van der Waals surface area contributed by atoms with E-state index in [0.29, 0.717) is 18.1 Å². The third kappa shape index (κ3) is 2.81. The lowest BCUT2D eigenvalue weighted by atomic mass is 10.1. The number of H-pyrrole nitrogens is 2. The lowest BCUT2D eigenvalue weighted by Crippen LogP contribution is -2.35. The fourth-order valence-corrected chi connectivity index (χ4v) is 3.02. The summed E-state index contributed by atoms with van der Waals surface area (Å²) in [5, 5.41) is 6.77. The van der Waals surface area contributed by atoms with Gasteiger partial charge in [-0.25, -0.2) is 4.98 Å². The van der Waals surface area contributed by atoms with E-state index in [1.54, 1.807) is 12.1 Å². The molecule has 2 aromatic heterocycles. The van der Waals surface area contributed by atoms with E-state index in [1.807, 2.05) is 24.5 Å². The van der Waals surface area contributed by atoms with Crippen molar-refractivity contribution in [2.75, 3.05) is 12.3 Å². The molecule has 0 unspecified atom stereocenters. The van der Waals surface area contributed by atoms with Crippen molar-refractivity contribution in [2.24, 2.45) is 0 Å². The average molecular weight is 322 g/mol. The van der Waals surface area contributed by atoms with Crippen molar-refractivity contribution in [1.29, 1.82) is 0 Å². The number of rotatable bonds is 3. The Balaban J connectivity index is 1.61. The van der Waals surface area contributed by atoms with Gasteiger partial charge in [-0.2, -0.15) is 5.10 Å². The normalized spacial score (nSPS) is 14.5. The van der Waals surface area contributed by atoms with Crippen molar-refractivity contribution in [1.82, 2.24) is 25.1 Å². The summed E-state index contributed by atoms with van der Waals surface area (Å²) in [6.45, 7) is 2.25. The van der Waals surface area contributed by atoms with Gasteiger partial charge in [0.15, 0.2) is 0 Å². The number of anilines is 1. The molecule has 1 aliphatic heterocycles. The highest BCUT2D eigenvalue weighted by molar-refractivity contribution is 5.58. The second-order valence-corrected chi connectivity index (χ2v) is 6.03. The first-order chi connectivity index (χ1) is 11.7. The Morgan fingerprint density at radius 1 is 1.25 bits per heavy atom. The van der Waals surface area contributed by atoms with Crippen LogP contribution in [0.15, 0.2) is 41.5 Å². The number of aromatic amines is 2. The Bertz CT molecular complexity index is 898. The Morgan fingerprint density at radius 2 is 2.08 bits per heavy atom. The highest BCUT2D eigenvalue weighted by Gasteiger charge is 2.21. The second-order valence-electron chi connectivity index (χ2n) is 6.03. The molecule has 3 aromatic rings. The maximum Gasteiger partial charge on any atom is 0.255 e. The van der Waals surface area contributed by atoms with Gasteiger partial charge in [0.2, 0.25) is 0 Å². The summed E-state index contributed by atoms with van der Waals surface area (Å²) in [5.41, 5.74) is 9.95. The monoisotopic (exact) mass is 322 g/mol. The molecule has 1 aromatic carbocycles. The van der Waals surface area contributed by atoms with Crippen LogP contribution in [0.1, 0.15) is 16.8 Å². The van der Waals surface area contributed by atoms with Crippen molar-refractivity contribution < 1.29 is 0 Å². The minimum Gasteiger partial charge on any atom is -0.399 e. The minimum atomic E-state index is -0.0660. The second kappa shape index (κ2) is 5.93. The summed E-state index contributed by atoms with van der Waals surface area (Å²) in [6, 6.07) is 7.35. The van der Waals surface area contributed by atoms with Crippen LogP contribution < -0.4 is 11.3 Å².